The highest BCUT2D eigenvalue weighted by Crippen LogP contribution is 2.25. The van der Waals surface area contributed by atoms with E-state index in [0.717, 1.165) is 18.4 Å². The van der Waals surface area contributed by atoms with E-state index in [1.165, 1.54) is 25.7 Å². The van der Waals surface area contributed by atoms with Gasteiger partial charge in [-0.05, 0) is 24.5 Å². The molecular formula is C14H22N2O. The van der Waals surface area contributed by atoms with Gasteiger partial charge in [0.05, 0.1) is 13.2 Å². The summed E-state index contributed by atoms with van der Waals surface area (Å²) in [6, 6.07) is 3.96. The quantitative estimate of drug-likeness (QED) is 0.815. The zero-order valence-corrected chi connectivity index (χ0v) is 10.4. The first kappa shape index (κ1) is 12.5. The molecule has 3 nitrogen and oxygen atoms in total. The van der Waals surface area contributed by atoms with E-state index in [1.807, 2.05) is 18.3 Å². The molecule has 1 aromatic rings. The van der Waals surface area contributed by atoms with Gasteiger partial charge in [-0.3, -0.25) is 4.98 Å². The fraction of sp³-hybridized carbons (Fsp3) is 0.643. The van der Waals surface area contributed by atoms with Crippen LogP contribution in [0.3, 0.4) is 0 Å². The summed E-state index contributed by atoms with van der Waals surface area (Å²) >= 11 is 0. The van der Waals surface area contributed by atoms with Crippen LogP contribution < -0.4 is 5.73 Å². The predicted molar refractivity (Wildman–Crippen MR) is 68.5 cm³/mol. The minimum atomic E-state index is -0.0985. The fourth-order valence-electron chi connectivity index (χ4n) is 2.43. The van der Waals surface area contributed by atoms with Crippen LogP contribution in [0.1, 0.15) is 44.1 Å². The fourth-order valence-corrected chi connectivity index (χ4v) is 2.43. The Kier molecular flexibility index (Phi) is 4.51. The van der Waals surface area contributed by atoms with Crippen molar-refractivity contribution < 1.29 is 4.74 Å². The summed E-state index contributed by atoms with van der Waals surface area (Å²) in [7, 11) is 0. The van der Waals surface area contributed by atoms with Gasteiger partial charge in [-0.15, -0.1) is 0 Å². The molecule has 2 N–H and O–H groups in total. The summed E-state index contributed by atoms with van der Waals surface area (Å²) in [5.74, 6) is 0. The van der Waals surface area contributed by atoms with Crippen LogP contribution in [-0.4, -0.2) is 17.1 Å². The second-order valence-electron chi connectivity index (χ2n) is 5.13. The Bertz CT molecular complexity index is 318. The maximum absolute atomic E-state index is 6.38. The van der Waals surface area contributed by atoms with Gasteiger partial charge in [0.15, 0.2) is 0 Å². The lowest BCUT2D eigenvalue weighted by molar-refractivity contribution is 0.0666. The van der Waals surface area contributed by atoms with Crippen molar-refractivity contribution in [3.8, 4) is 0 Å². The van der Waals surface area contributed by atoms with E-state index in [2.05, 4.69) is 4.98 Å². The first-order chi connectivity index (χ1) is 8.29. The Morgan fingerprint density at radius 2 is 2.00 bits per heavy atom. The lowest BCUT2D eigenvalue weighted by Gasteiger charge is -2.27. The van der Waals surface area contributed by atoms with Crippen LogP contribution in [0, 0.1) is 0 Å². The Labute approximate surface area is 103 Å². The number of hydrogen-bond acceptors (Lipinski definition) is 3. The molecule has 0 atom stereocenters. The van der Waals surface area contributed by atoms with Crippen LogP contribution in [0.15, 0.2) is 24.5 Å². The molecule has 0 aromatic carbocycles. The summed E-state index contributed by atoms with van der Waals surface area (Å²) in [4.78, 5) is 4.07. The summed E-state index contributed by atoms with van der Waals surface area (Å²) in [5, 5.41) is 0. The number of ether oxygens (including phenoxy) is 1. The molecular weight excluding hydrogens is 212 g/mol. The maximum Gasteiger partial charge on any atom is 0.0732 e. The van der Waals surface area contributed by atoms with Crippen LogP contribution in [-0.2, 0) is 11.3 Å². The lowest BCUT2D eigenvalue weighted by atomic mass is 9.93. The molecule has 1 aliphatic rings. The van der Waals surface area contributed by atoms with E-state index >= 15 is 0 Å². The number of nitrogens with zero attached hydrogens (tertiary/aromatic N) is 1. The molecule has 0 spiro atoms. The van der Waals surface area contributed by atoms with E-state index < -0.39 is 0 Å². The van der Waals surface area contributed by atoms with Crippen molar-refractivity contribution in [2.45, 2.75) is 50.7 Å². The molecule has 0 aliphatic heterocycles. The smallest absolute Gasteiger partial charge is 0.0732 e. The van der Waals surface area contributed by atoms with E-state index in [9.17, 15) is 0 Å². The predicted octanol–water partition coefficient (Wildman–Crippen LogP) is 2.65. The monoisotopic (exact) mass is 234 g/mol. The molecule has 0 bridgehead atoms. The van der Waals surface area contributed by atoms with Crippen molar-refractivity contribution in [3.63, 3.8) is 0 Å². The zero-order valence-electron chi connectivity index (χ0n) is 10.4. The molecule has 1 aliphatic carbocycles. The molecule has 1 aromatic heterocycles. The van der Waals surface area contributed by atoms with Gasteiger partial charge in [-0.2, -0.15) is 0 Å². The first-order valence-electron chi connectivity index (χ1n) is 6.54. The Hall–Kier alpha value is -0.930. The minimum absolute atomic E-state index is 0.0985. The van der Waals surface area contributed by atoms with Crippen molar-refractivity contribution in [1.29, 1.82) is 0 Å². The van der Waals surface area contributed by atoms with Crippen LogP contribution in [0.2, 0.25) is 0 Å². The molecule has 17 heavy (non-hydrogen) atoms. The summed E-state index contributed by atoms with van der Waals surface area (Å²) in [6.45, 7) is 1.29. The Morgan fingerprint density at radius 3 is 2.65 bits per heavy atom. The molecule has 0 saturated heterocycles. The third kappa shape index (κ3) is 4.10. The third-order valence-corrected chi connectivity index (χ3v) is 3.48. The zero-order chi connectivity index (χ0) is 12.0. The van der Waals surface area contributed by atoms with Gasteiger partial charge in [0.2, 0.25) is 0 Å². The molecule has 1 heterocycles. The van der Waals surface area contributed by atoms with Crippen LogP contribution in [0.4, 0.5) is 0 Å². The topological polar surface area (TPSA) is 48.1 Å². The molecule has 1 fully saturated rings. The van der Waals surface area contributed by atoms with Gasteiger partial charge < -0.3 is 10.5 Å². The largest absolute Gasteiger partial charge is 0.375 e. The average molecular weight is 234 g/mol. The van der Waals surface area contributed by atoms with Gasteiger partial charge in [0.1, 0.15) is 0 Å². The highest BCUT2D eigenvalue weighted by molar-refractivity contribution is 5.06. The molecule has 1 saturated carbocycles. The van der Waals surface area contributed by atoms with E-state index in [1.54, 1.807) is 6.20 Å². The highest BCUT2D eigenvalue weighted by Gasteiger charge is 2.26. The normalized spacial score (nSPS) is 19.8. The van der Waals surface area contributed by atoms with E-state index in [-0.39, 0.29) is 5.54 Å². The SMILES string of the molecule is NC1(COCc2cccnc2)CCCCCC1. The average Bonchev–Trinajstić information content (AvgIpc) is 2.56. The Morgan fingerprint density at radius 1 is 1.24 bits per heavy atom. The van der Waals surface area contributed by atoms with E-state index in [0.29, 0.717) is 13.2 Å². The maximum atomic E-state index is 6.38. The summed E-state index contributed by atoms with van der Waals surface area (Å²) < 4.78 is 5.75. The van der Waals surface area contributed by atoms with Gasteiger partial charge in [0.25, 0.3) is 0 Å². The Balaban J connectivity index is 1.77. The molecule has 0 amide bonds. The lowest BCUT2D eigenvalue weighted by Crippen LogP contribution is -2.43. The van der Waals surface area contributed by atoms with Crippen LogP contribution >= 0.6 is 0 Å². The molecule has 0 radical (unpaired) electrons. The minimum Gasteiger partial charge on any atom is -0.375 e. The number of pyridine rings is 1. The summed E-state index contributed by atoms with van der Waals surface area (Å²) in [6.07, 6.45) is 10.9. The third-order valence-electron chi connectivity index (χ3n) is 3.48. The summed E-state index contributed by atoms with van der Waals surface area (Å²) in [5.41, 5.74) is 7.40. The highest BCUT2D eigenvalue weighted by atomic mass is 16.5. The number of hydrogen-bond donors (Lipinski definition) is 1. The van der Waals surface area contributed by atoms with Crippen LogP contribution in [0.25, 0.3) is 0 Å². The van der Waals surface area contributed by atoms with Crippen molar-refractivity contribution in [2.75, 3.05) is 6.61 Å². The van der Waals surface area contributed by atoms with Crippen molar-refractivity contribution in [1.82, 2.24) is 4.98 Å². The van der Waals surface area contributed by atoms with Gasteiger partial charge in [0, 0.05) is 17.9 Å². The number of aromatic nitrogens is 1. The first-order valence-corrected chi connectivity index (χ1v) is 6.54. The van der Waals surface area contributed by atoms with E-state index in [4.69, 9.17) is 10.5 Å². The molecule has 3 heteroatoms. The van der Waals surface area contributed by atoms with Crippen molar-refractivity contribution >= 4 is 0 Å². The van der Waals surface area contributed by atoms with Crippen LogP contribution in [0.5, 0.6) is 0 Å². The second kappa shape index (κ2) is 6.12. The van der Waals surface area contributed by atoms with Gasteiger partial charge in [-0.25, -0.2) is 0 Å². The standard InChI is InChI=1S/C14H22N2O/c15-14(7-3-1-2-4-8-14)12-17-11-13-6-5-9-16-10-13/h5-6,9-10H,1-4,7-8,11-12,15H2. The number of nitrogens with two attached hydrogens (primary N) is 1. The molecule has 94 valence electrons. The van der Waals surface area contributed by atoms with Gasteiger partial charge >= 0.3 is 0 Å². The molecule has 0 unspecified atom stereocenters. The number of rotatable bonds is 4. The van der Waals surface area contributed by atoms with Crippen molar-refractivity contribution in [2.24, 2.45) is 5.73 Å². The van der Waals surface area contributed by atoms with Crippen molar-refractivity contribution in [3.05, 3.63) is 30.1 Å². The molecule has 2 rings (SSSR count). The second-order valence-corrected chi connectivity index (χ2v) is 5.13. The van der Waals surface area contributed by atoms with Gasteiger partial charge in [-0.1, -0.05) is 31.7 Å².